The van der Waals surface area contributed by atoms with Gasteiger partial charge in [0.15, 0.2) is 9.84 Å². The van der Waals surface area contributed by atoms with Crippen molar-refractivity contribution in [3.8, 4) is 0 Å². The van der Waals surface area contributed by atoms with Gasteiger partial charge < -0.3 is 10.1 Å². The molecular formula is C19H20FNO5S2. The lowest BCUT2D eigenvalue weighted by molar-refractivity contribution is -0.115. The number of nitrogens with one attached hydrogen (secondary N) is 1. The fourth-order valence-corrected chi connectivity index (χ4v) is 5.62. The number of esters is 1. The van der Waals surface area contributed by atoms with E-state index in [0.29, 0.717) is 10.6 Å². The van der Waals surface area contributed by atoms with Gasteiger partial charge in [-0.25, -0.2) is 17.6 Å². The fourth-order valence-electron chi connectivity index (χ4n) is 3.09. The number of anilines is 1. The maximum atomic E-state index is 13.0. The van der Waals surface area contributed by atoms with Crippen LogP contribution in [-0.4, -0.2) is 32.7 Å². The predicted molar refractivity (Wildman–Crippen MR) is 104 cm³/mol. The van der Waals surface area contributed by atoms with Crippen LogP contribution >= 0.6 is 11.3 Å². The van der Waals surface area contributed by atoms with E-state index in [-0.39, 0.29) is 17.9 Å². The Kier molecular flexibility index (Phi) is 6.14. The minimum atomic E-state index is -3.71. The van der Waals surface area contributed by atoms with E-state index in [1.807, 2.05) is 0 Å². The second kappa shape index (κ2) is 8.40. The Morgan fingerprint density at radius 3 is 2.61 bits per heavy atom. The quantitative estimate of drug-likeness (QED) is 0.543. The van der Waals surface area contributed by atoms with Crippen LogP contribution in [0.2, 0.25) is 0 Å². The van der Waals surface area contributed by atoms with Gasteiger partial charge in [0, 0.05) is 11.3 Å². The van der Waals surface area contributed by atoms with E-state index in [1.54, 1.807) is 6.92 Å². The van der Waals surface area contributed by atoms with Crippen LogP contribution in [0.4, 0.5) is 9.39 Å². The van der Waals surface area contributed by atoms with Crippen molar-refractivity contribution >= 4 is 38.1 Å². The summed E-state index contributed by atoms with van der Waals surface area (Å²) >= 11 is 1.34. The second-order valence-corrected chi connectivity index (χ2v) is 9.57. The monoisotopic (exact) mass is 425 g/mol. The molecule has 0 saturated heterocycles. The number of hydrogen-bond donors (Lipinski definition) is 1. The zero-order valence-corrected chi connectivity index (χ0v) is 16.9. The van der Waals surface area contributed by atoms with Gasteiger partial charge >= 0.3 is 5.97 Å². The summed E-state index contributed by atoms with van der Waals surface area (Å²) in [6.07, 6.45) is 2.29. The molecule has 0 bridgehead atoms. The third kappa shape index (κ3) is 4.41. The van der Waals surface area contributed by atoms with Gasteiger partial charge in [-0.05, 0) is 56.0 Å². The number of halogens is 1. The lowest BCUT2D eigenvalue weighted by Gasteiger charge is -2.08. The summed E-state index contributed by atoms with van der Waals surface area (Å²) in [7, 11) is -3.71. The summed E-state index contributed by atoms with van der Waals surface area (Å²) in [6.45, 7) is 1.94. The Morgan fingerprint density at radius 2 is 1.93 bits per heavy atom. The van der Waals surface area contributed by atoms with Crippen molar-refractivity contribution in [3.63, 3.8) is 0 Å². The summed E-state index contributed by atoms with van der Waals surface area (Å²) in [5.74, 6) is -1.93. The molecule has 1 aromatic heterocycles. The highest BCUT2D eigenvalue weighted by Crippen LogP contribution is 2.39. The Hall–Kier alpha value is -2.26. The van der Waals surface area contributed by atoms with E-state index in [2.05, 4.69) is 5.32 Å². The SMILES string of the molecule is CCOC(=O)c1c(NC(=O)CCS(=O)(=O)c2ccc(F)cc2)sc2c1CCC2. The molecule has 1 aromatic carbocycles. The number of ether oxygens (including phenoxy) is 1. The van der Waals surface area contributed by atoms with Crippen LogP contribution in [0.1, 0.15) is 40.6 Å². The molecule has 0 saturated carbocycles. The summed E-state index contributed by atoms with van der Waals surface area (Å²) < 4.78 is 42.7. The molecule has 0 radical (unpaired) electrons. The average molecular weight is 426 g/mol. The normalized spacial score (nSPS) is 13.2. The molecule has 2 aromatic rings. The second-order valence-electron chi connectivity index (χ2n) is 6.35. The first-order valence-electron chi connectivity index (χ1n) is 8.91. The molecule has 1 heterocycles. The molecule has 0 fully saturated rings. The first-order chi connectivity index (χ1) is 13.3. The van der Waals surface area contributed by atoms with E-state index in [4.69, 9.17) is 4.74 Å². The first-order valence-corrected chi connectivity index (χ1v) is 11.4. The maximum Gasteiger partial charge on any atom is 0.341 e. The van der Waals surface area contributed by atoms with Crippen molar-refractivity contribution in [2.45, 2.75) is 37.5 Å². The number of rotatable bonds is 7. The topological polar surface area (TPSA) is 89.5 Å². The van der Waals surface area contributed by atoms with Gasteiger partial charge in [0.1, 0.15) is 10.8 Å². The van der Waals surface area contributed by atoms with Gasteiger partial charge in [0.05, 0.1) is 22.8 Å². The molecule has 0 aliphatic heterocycles. The molecule has 6 nitrogen and oxygen atoms in total. The van der Waals surface area contributed by atoms with Gasteiger partial charge in [-0.1, -0.05) is 0 Å². The van der Waals surface area contributed by atoms with E-state index >= 15 is 0 Å². The highest BCUT2D eigenvalue weighted by molar-refractivity contribution is 7.91. The lowest BCUT2D eigenvalue weighted by atomic mass is 10.1. The van der Waals surface area contributed by atoms with Crippen LogP contribution in [-0.2, 0) is 32.2 Å². The summed E-state index contributed by atoms with van der Waals surface area (Å²) in [5, 5.41) is 3.08. The molecule has 28 heavy (non-hydrogen) atoms. The number of sulfone groups is 1. The van der Waals surface area contributed by atoms with Crippen molar-refractivity contribution in [1.82, 2.24) is 0 Å². The van der Waals surface area contributed by atoms with Crippen LogP contribution in [0.5, 0.6) is 0 Å². The number of carbonyl (C=O) groups excluding carboxylic acids is 2. The van der Waals surface area contributed by atoms with Gasteiger partial charge in [-0.15, -0.1) is 11.3 Å². The van der Waals surface area contributed by atoms with Crippen LogP contribution in [0.3, 0.4) is 0 Å². The third-order valence-corrected chi connectivity index (χ3v) is 7.36. The molecule has 1 N–H and O–H groups in total. The molecule has 0 atom stereocenters. The van der Waals surface area contributed by atoms with Gasteiger partial charge in [0.25, 0.3) is 0 Å². The highest BCUT2D eigenvalue weighted by atomic mass is 32.2. The van der Waals surface area contributed by atoms with Crippen molar-refractivity contribution in [3.05, 3.63) is 46.1 Å². The van der Waals surface area contributed by atoms with Crippen molar-refractivity contribution in [2.75, 3.05) is 17.7 Å². The van der Waals surface area contributed by atoms with Crippen molar-refractivity contribution < 1.29 is 27.1 Å². The zero-order chi connectivity index (χ0) is 20.3. The number of fused-ring (bicyclic) bond motifs is 1. The van der Waals surface area contributed by atoms with E-state index in [0.717, 1.165) is 41.8 Å². The molecular weight excluding hydrogens is 405 g/mol. The maximum absolute atomic E-state index is 13.0. The summed E-state index contributed by atoms with van der Waals surface area (Å²) in [5.41, 5.74) is 1.30. The largest absolute Gasteiger partial charge is 0.462 e. The molecule has 3 rings (SSSR count). The summed E-state index contributed by atoms with van der Waals surface area (Å²) in [4.78, 5) is 25.6. The van der Waals surface area contributed by atoms with Gasteiger partial charge in [-0.2, -0.15) is 0 Å². The summed E-state index contributed by atoms with van der Waals surface area (Å²) in [6, 6.07) is 4.47. The number of carbonyl (C=O) groups is 2. The minimum absolute atomic E-state index is 0.0380. The number of aryl methyl sites for hydroxylation is 1. The molecule has 1 amide bonds. The number of hydrogen-bond acceptors (Lipinski definition) is 6. The van der Waals surface area contributed by atoms with Crippen molar-refractivity contribution in [1.29, 1.82) is 0 Å². The minimum Gasteiger partial charge on any atom is -0.462 e. The smallest absolute Gasteiger partial charge is 0.341 e. The molecule has 150 valence electrons. The molecule has 1 aliphatic carbocycles. The Balaban J connectivity index is 1.70. The highest BCUT2D eigenvalue weighted by Gasteiger charge is 2.28. The van der Waals surface area contributed by atoms with E-state index in [1.165, 1.54) is 23.5 Å². The van der Waals surface area contributed by atoms with E-state index in [9.17, 15) is 22.4 Å². The Labute approximate surface area is 166 Å². The standard InChI is InChI=1S/C19H20FNO5S2/c1-2-26-19(23)17-14-4-3-5-15(14)27-18(17)21-16(22)10-11-28(24,25)13-8-6-12(20)7-9-13/h6-9H,2-5,10-11H2,1H3,(H,21,22). The molecule has 1 aliphatic rings. The predicted octanol–water partition coefficient (Wildman–Crippen LogP) is 3.36. The number of benzene rings is 1. The number of amides is 1. The van der Waals surface area contributed by atoms with Crippen LogP contribution in [0.25, 0.3) is 0 Å². The van der Waals surface area contributed by atoms with Gasteiger partial charge in [-0.3, -0.25) is 4.79 Å². The Bertz CT molecular complexity index is 996. The zero-order valence-electron chi connectivity index (χ0n) is 15.3. The molecule has 0 spiro atoms. The van der Waals surface area contributed by atoms with Crippen LogP contribution in [0.15, 0.2) is 29.2 Å². The Morgan fingerprint density at radius 1 is 1.21 bits per heavy atom. The van der Waals surface area contributed by atoms with E-state index < -0.39 is 33.3 Å². The van der Waals surface area contributed by atoms with Crippen molar-refractivity contribution in [2.24, 2.45) is 0 Å². The molecule has 0 unspecified atom stereocenters. The first kappa shape index (κ1) is 20.5. The lowest BCUT2D eigenvalue weighted by Crippen LogP contribution is -2.18. The average Bonchev–Trinajstić information content (AvgIpc) is 3.21. The van der Waals surface area contributed by atoms with Crippen LogP contribution < -0.4 is 5.32 Å². The van der Waals surface area contributed by atoms with Gasteiger partial charge in [0.2, 0.25) is 5.91 Å². The third-order valence-electron chi connectivity index (χ3n) is 4.42. The number of thiophene rings is 1. The van der Waals surface area contributed by atoms with Crippen LogP contribution in [0, 0.1) is 5.82 Å². The fraction of sp³-hybridized carbons (Fsp3) is 0.368. The molecule has 9 heteroatoms.